The smallest absolute Gasteiger partial charge is 0.270 e. The highest BCUT2D eigenvalue weighted by atomic mass is 16.6. The quantitative estimate of drug-likeness (QED) is 0.361. The average molecular weight is 290 g/mol. The molecule has 1 aromatic rings. The molecule has 0 saturated heterocycles. The molecule has 1 aliphatic carbocycles. The lowest BCUT2D eigenvalue weighted by Crippen LogP contribution is -2.35. The normalized spacial score (nSPS) is 16.7. The first-order chi connectivity index (χ1) is 10.1. The maximum atomic E-state index is 12.3. The van der Waals surface area contributed by atoms with Gasteiger partial charge in [0.2, 0.25) is 0 Å². The molecular formula is C16H22N2O3. The largest absolute Gasteiger partial charge is 0.296 e. The molecule has 0 aliphatic heterocycles. The van der Waals surface area contributed by atoms with Crippen molar-refractivity contribution in [1.29, 1.82) is 0 Å². The summed E-state index contributed by atoms with van der Waals surface area (Å²) in [5.74, 6) is -0.0505. The van der Waals surface area contributed by atoms with Crippen LogP contribution in [0.25, 0.3) is 0 Å². The van der Waals surface area contributed by atoms with E-state index >= 15 is 0 Å². The summed E-state index contributed by atoms with van der Waals surface area (Å²) in [6, 6.07) is 6.44. The summed E-state index contributed by atoms with van der Waals surface area (Å²) in [5, 5.41) is 10.8. The zero-order valence-electron chi connectivity index (χ0n) is 12.5. The molecule has 2 rings (SSSR count). The van der Waals surface area contributed by atoms with Crippen LogP contribution in [0, 0.1) is 10.1 Å². The first kappa shape index (κ1) is 15.6. The Labute approximate surface area is 125 Å². The van der Waals surface area contributed by atoms with Gasteiger partial charge in [0.05, 0.1) is 11.5 Å². The van der Waals surface area contributed by atoms with Crippen LogP contribution in [0.4, 0.5) is 5.69 Å². The third kappa shape index (κ3) is 4.36. The molecule has 114 valence electrons. The standard InChI is InChI=1S/C16H22N2O3/c1-17(14-8-4-2-3-5-9-14)12-16(19)13-7-6-10-15(11-13)18(20)21/h6-7,10-11,14H,2-5,8-9,12H2,1H3. The van der Waals surface area contributed by atoms with E-state index in [0.29, 0.717) is 18.2 Å². The Balaban J connectivity index is 1.99. The van der Waals surface area contributed by atoms with E-state index in [1.165, 1.54) is 37.8 Å². The van der Waals surface area contributed by atoms with E-state index in [1.54, 1.807) is 12.1 Å². The van der Waals surface area contributed by atoms with Gasteiger partial charge in [-0.15, -0.1) is 0 Å². The van der Waals surface area contributed by atoms with Crippen LogP contribution in [0.15, 0.2) is 24.3 Å². The van der Waals surface area contributed by atoms with Gasteiger partial charge in [-0.25, -0.2) is 0 Å². The summed E-state index contributed by atoms with van der Waals surface area (Å²) < 4.78 is 0. The number of nitro groups is 1. The molecule has 0 N–H and O–H groups in total. The van der Waals surface area contributed by atoms with Crippen LogP contribution in [0.1, 0.15) is 48.9 Å². The van der Waals surface area contributed by atoms with E-state index in [9.17, 15) is 14.9 Å². The molecule has 0 spiro atoms. The van der Waals surface area contributed by atoms with E-state index in [1.807, 2.05) is 7.05 Å². The molecule has 0 bridgehead atoms. The Bertz CT molecular complexity index is 508. The summed E-state index contributed by atoms with van der Waals surface area (Å²) in [6.07, 6.45) is 7.28. The minimum Gasteiger partial charge on any atom is -0.296 e. The van der Waals surface area contributed by atoms with Crippen LogP contribution < -0.4 is 0 Å². The van der Waals surface area contributed by atoms with E-state index in [0.717, 1.165) is 12.8 Å². The summed E-state index contributed by atoms with van der Waals surface area (Å²) in [5.41, 5.74) is 0.391. The van der Waals surface area contributed by atoms with Gasteiger partial charge in [0, 0.05) is 23.7 Å². The van der Waals surface area contributed by atoms with Crippen molar-refractivity contribution in [1.82, 2.24) is 4.90 Å². The van der Waals surface area contributed by atoms with Gasteiger partial charge < -0.3 is 0 Å². The van der Waals surface area contributed by atoms with Crippen LogP contribution in [-0.2, 0) is 0 Å². The predicted octanol–water partition coefficient (Wildman–Crippen LogP) is 3.43. The van der Waals surface area contributed by atoms with Gasteiger partial charge in [0.1, 0.15) is 0 Å². The van der Waals surface area contributed by atoms with Crippen LogP contribution >= 0.6 is 0 Å². The first-order valence-corrected chi connectivity index (χ1v) is 7.56. The van der Waals surface area contributed by atoms with Gasteiger partial charge in [-0.3, -0.25) is 19.8 Å². The summed E-state index contributed by atoms with van der Waals surface area (Å²) >= 11 is 0. The lowest BCUT2D eigenvalue weighted by atomic mass is 10.1. The van der Waals surface area contributed by atoms with Crippen molar-refractivity contribution in [3.63, 3.8) is 0 Å². The molecular weight excluding hydrogens is 268 g/mol. The molecule has 1 saturated carbocycles. The highest BCUT2D eigenvalue weighted by molar-refractivity contribution is 5.98. The maximum absolute atomic E-state index is 12.3. The van der Waals surface area contributed by atoms with Crippen molar-refractivity contribution in [3.05, 3.63) is 39.9 Å². The first-order valence-electron chi connectivity index (χ1n) is 7.56. The molecule has 0 atom stereocenters. The summed E-state index contributed by atoms with van der Waals surface area (Å²) in [4.78, 5) is 24.7. The number of non-ortho nitro benzene ring substituents is 1. The number of Topliss-reactive ketones (excluding diaryl/α,β-unsaturated/α-hetero) is 1. The third-order valence-corrected chi connectivity index (χ3v) is 4.22. The van der Waals surface area contributed by atoms with Crippen LogP contribution in [0.2, 0.25) is 0 Å². The Kier molecular flexibility index (Phi) is 5.44. The number of nitrogens with zero attached hydrogens (tertiary/aromatic N) is 2. The molecule has 0 amide bonds. The highest BCUT2D eigenvalue weighted by Gasteiger charge is 2.20. The molecule has 1 fully saturated rings. The fourth-order valence-electron chi connectivity index (χ4n) is 2.94. The zero-order valence-corrected chi connectivity index (χ0v) is 12.5. The Morgan fingerprint density at radius 3 is 2.57 bits per heavy atom. The van der Waals surface area contributed by atoms with Crippen molar-refractivity contribution < 1.29 is 9.72 Å². The van der Waals surface area contributed by atoms with E-state index in [2.05, 4.69) is 4.90 Å². The number of benzene rings is 1. The molecule has 21 heavy (non-hydrogen) atoms. The molecule has 0 unspecified atom stereocenters. The Morgan fingerprint density at radius 1 is 1.29 bits per heavy atom. The van der Waals surface area contributed by atoms with Gasteiger partial charge in [-0.05, 0) is 19.9 Å². The predicted molar refractivity (Wildman–Crippen MR) is 81.5 cm³/mol. The molecule has 1 aliphatic rings. The topological polar surface area (TPSA) is 63.5 Å². The second kappa shape index (κ2) is 7.31. The van der Waals surface area contributed by atoms with Crippen molar-refractivity contribution in [2.24, 2.45) is 0 Å². The minimum absolute atomic E-state index is 0.0297. The second-order valence-corrected chi connectivity index (χ2v) is 5.79. The Hall–Kier alpha value is -1.75. The number of nitro benzene ring substituents is 1. The molecule has 1 aromatic carbocycles. The number of carbonyl (C=O) groups excluding carboxylic acids is 1. The fourth-order valence-corrected chi connectivity index (χ4v) is 2.94. The number of likely N-dealkylation sites (N-methyl/N-ethyl adjacent to an activating group) is 1. The SMILES string of the molecule is CN(CC(=O)c1cccc([N+](=O)[O-])c1)C1CCCCCC1. The maximum Gasteiger partial charge on any atom is 0.270 e. The third-order valence-electron chi connectivity index (χ3n) is 4.22. The van der Waals surface area contributed by atoms with Crippen molar-refractivity contribution in [3.8, 4) is 0 Å². The molecule has 5 heteroatoms. The number of hydrogen-bond donors (Lipinski definition) is 0. The molecule has 0 aromatic heterocycles. The lowest BCUT2D eigenvalue weighted by Gasteiger charge is -2.26. The molecule has 0 heterocycles. The minimum atomic E-state index is -0.466. The lowest BCUT2D eigenvalue weighted by molar-refractivity contribution is -0.384. The van der Waals surface area contributed by atoms with Gasteiger partial charge in [0.15, 0.2) is 5.78 Å². The molecule has 5 nitrogen and oxygen atoms in total. The van der Waals surface area contributed by atoms with E-state index < -0.39 is 4.92 Å². The van der Waals surface area contributed by atoms with Crippen LogP contribution in [0.3, 0.4) is 0 Å². The molecule has 0 radical (unpaired) electrons. The fraction of sp³-hybridized carbons (Fsp3) is 0.562. The van der Waals surface area contributed by atoms with E-state index in [-0.39, 0.29) is 11.5 Å². The van der Waals surface area contributed by atoms with Crippen LogP contribution in [0.5, 0.6) is 0 Å². The van der Waals surface area contributed by atoms with Gasteiger partial charge in [0.25, 0.3) is 5.69 Å². The van der Waals surface area contributed by atoms with Gasteiger partial charge in [-0.2, -0.15) is 0 Å². The number of rotatable bonds is 5. The average Bonchev–Trinajstić information content (AvgIpc) is 2.76. The highest BCUT2D eigenvalue weighted by Crippen LogP contribution is 2.21. The van der Waals surface area contributed by atoms with Gasteiger partial charge >= 0.3 is 0 Å². The Morgan fingerprint density at radius 2 is 1.95 bits per heavy atom. The van der Waals surface area contributed by atoms with E-state index in [4.69, 9.17) is 0 Å². The monoisotopic (exact) mass is 290 g/mol. The zero-order chi connectivity index (χ0) is 15.2. The van der Waals surface area contributed by atoms with Gasteiger partial charge in [-0.1, -0.05) is 37.8 Å². The van der Waals surface area contributed by atoms with Crippen molar-refractivity contribution >= 4 is 11.5 Å². The van der Waals surface area contributed by atoms with Crippen molar-refractivity contribution in [2.75, 3.05) is 13.6 Å². The summed E-state index contributed by atoms with van der Waals surface area (Å²) in [7, 11) is 1.98. The number of hydrogen-bond acceptors (Lipinski definition) is 4. The van der Waals surface area contributed by atoms with Crippen LogP contribution in [-0.4, -0.2) is 35.2 Å². The summed E-state index contributed by atoms with van der Waals surface area (Å²) in [6.45, 7) is 0.325. The number of ketones is 1. The van der Waals surface area contributed by atoms with Crippen molar-refractivity contribution in [2.45, 2.75) is 44.6 Å². The number of carbonyl (C=O) groups is 1. The second-order valence-electron chi connectivity index (χ2n) is 5.79.